The molecule has 1 N–H and O–H groups in total. The molecule has 1 amide bonds. The predicted octanol–water partition coefficient (Wildman–Crippen LogP) is 5.96. The van der Waals surface area contributed by atoms with E-state index in [1.165, 1.54) is 0 Å². The molecule has 12 nitrogen and oxygen atoms in total. The van der Waals surface area contributed by atoms with Gasteiger partial charge in [-0.2, -0.15) is 4.98 Å². The number of ether oxygens (including phenoxy) is 3. The number of benzene rings is 3. The quantitative estimate of drug-likeness (QED) is 0.180. The van der Waals surface area contributed by atoms with Crippen LogP contribution in [0.1, 0.15) is 38.4 Å². The Balaban J connectivity index is 1.29. The smallest absolute Gasteiger partial charge is 0.254 e. The van der Waals surface area contributed by atoms with Crippen molar-refractivity contribution in [2.75, 3.05) is 77.4 Å². The number of morpholine rings is 1. The lowest BCUT2D eigenvalue weighted by Crippen LogP contribution is -2.68. The average molecular weight is 820 g/mol. The van der Waals surface area contributed by atoms with E-state index in [-0.39, 0.29) is 11.9 Å². The Morgan fingerprint density at radius 3 is 2.25 bits per heavy atom. The van der Waals surface area contributed by atoms with E-state index in [9.17, 15) is 0 Å². The van der Waals surface area contributed by atoms with Crippen LogP contribution in [0.3, 0.4) is 0 Å². The summed E-state index contributed by atoms with van der Waals surface area (Å²) in [6.45, 7) is 6.70. The topological polar surface area (TPSA) is 118 Å². The molecule has 0 aliphatic carbocycles. The fraction of sp³-hybridized carbons (Fsp3) is 0.372. The van der Waals surface area contributed by atoms with Crippen molar-refractivity contribution >= 4 is 33.6 Å². The highest BCUT2D eigenvalue weighted by atomic mass is 79.9. The van der Waals surface area contributed by atoms with Crippen molar-refractivity contribution in [3.05, 3.63) is 117 Å². The largest absolute Gasteiger partial charge is 0.497 e. The minimum absolute atomic E-state index is 0.0745. The maximum absolute atomic E-state index is 15.1. The number of nitrogens with zero attached hydrogens (tertiary/aromatic N) is 7. The monoisotopic (exact) mass is 818 g/mol. The fourth-order valence-electron chi connectivity index (χ4n) is 8.23. The third-order valence-electron chi connectivity index (χ3n) is 11.4. The number of piperazine rings is 1. The van der Waals surface area contributed by atoms with Gasteiger partial charge in [0.05, 0.1) is 33.1 Å². The second-order valence-electron chi connectivity index (χ2n) is 14.7. The number of aryl methyl sites for hydroxylation is 1. The first-order valence-corrected chi connectivity index (χ1v) is 19.9. The molecule has 0 bridgehead atoms. The maximum atomic E-state index is 15.1. The second-order valence-corrected chi connectivity index (χ2v) is 15.5. The fourth-order valence-corrected chi connectivity index (χ4v) is 8.61. The van der Waals surface area contributed by atoms with Crippen LogP contribution in [0.2, 0.25) is 0 Å². The van der Waals surface area contributed by atoms with Gasteiger partial charge in [0.2, 0.25) is 5.95 Å². The Morgan fingerprint density at radius 2 is 1.59 bits per heavy atom. The molecule has 2 saturated heterocycles. The zero-order chi connectivity index (χ0) is 38.8. The van der Waals surface area contributed by atoms with Crippen LogP contribution in [0.15, 0.2) is 83.6 Å². The molecular weight excluding hydrogens is 772 g/mol. The van der Waals surface area contributed by atoms with Gasteiger partial charge in [-0.05, 0) is 79.9 Å². The number of fused-ring (bicyclic) bond motifs is 1. The van der Waals surface area contributed by atoms with E-state index < -0.39 is 5.54 Å². The van der Waals surface area contributed by atoms with Crippen molar-refractivity contribution in [1.82, 2.24) is 29.7 Å². The average Bonchev–Trinajstić information content (AvgIpc) is 3.73. The Morgan fingerprint density at radius 1 is 0.911 bits per heavy atom. The summed E-state index contributed by atoms with van der Waals surface area (Å²) in [7, 11) is 5.48. The normalized spacial score (nSPS) is 19.7. The van der Waals surface area contributed by atoms with Gasteiger partial charge in [-0.15, -0.1) is 0 Å². The Bertz CT molecular complexity index is 2180. The highest BCUT2D eigenvalue weighted by Crippen LogP contribution is 2.43. The van der Waals surface area contributed by atoms with Gasteiger partial charge in [0.15, 0.2) is 5.82 Å². The third kappa shape index (κ3) is 7.31. The standard InChI is InChI=1S/C43H47BrN8O4/c1-28-5-10-31(24-36(28)44)40(53)52-18-17-50(2)37(23-29-6-11-33(54-3)12-7-29)43(52,25-30-8-13-34(55-4)14-9-30)41-46-26-32(27-47-41)38-35-15-16-45-39(35)49-42(48-38)51-19-21-56-22-20-51/h5-14,24,26-27,37H,15-23,25H2,1-4H3,(H,45,48,49). The Kier molecular flexibility index (Phi) is 10.9. The number of rotatable bonds is 10. The Hall–Kier alpha value is -5.11. The number of halogens is 1. The van der Waals surface area contributed by atoms with Crippen molar-refractivity contribution < 1.29 is 19.0 Å². The van der Waals surface area contributed by atoms with E-state index >= 15 is 4.79 Å². The zero-order valence-corrected chi connectivity index (χ0v) is 33.9. The summed E-state index contributed by atoms with van der Waals surface area (Å²) < 4.78 is 17.5. The molecule has 290 valence electrons. The first-order chi connectivity index (χ1) is 27.3. The number of likely N-dealkylation sites (N-methyl/N-ethyl adjacent to an activating group) is 1. The molecule has 5 heterocycles. The molecule has 0 saturated carbocycles. The van der Waals surface area contributed by atoms with Crippen LogP contribution in [-0.2, 0) is 29.5 Å². The highest BCUT2D eigenvalue weighted by Gasteiger charge is 2.54. The summed E-state index contributed by atoms with van der Waals surface area (Å²) in [6, 6.07) is 21.9. The van der Waals surface area contributed by atoms with Crippen molar-refractivity contribution in [3.63, 3.8) is 0 Å². The van der Waals surface area contributed by atoms with Crippen LogP contribution >= 0.6 is 15.9 Å². The van der Waals surface area contributed by atoms with Crippen molar-refractivity contribution in [2.24, 2.45) is 0 Å². The highest BCUT2D eigenvalue weighted by molar-refractivity contribution is 9.10. The zero-order valence-electron chi connectivity index (χ0n) is 32.3. The van der Waals surface area contributed by atoms with Gasteiger partial charge < -0.3 is 29.3 Å². The number of aromatic nitrogens is 4. The summed E-state index contributed by atoms with van der Waals surface area (Å²) in [5.41, 5.74) is 5.50. The van der Waals surface area contributed by atoms with Crippen molar-refractivity contribution in [3.8, 4) is 22.8 Å². The molecule has 56 heavy (non-hydrogen) atoms. The molecule has 8 rings (SSSR count). The van der Waals surface area contributed by atoms with E-state index in [2.05, 4.69) is 62.4 Å². The summed E-state index contributed by atoms with van der Waals surface area (Å²) in [5, 5.41) is 3.46. The van der Waals surface area contributed by atoms with Gasteiger partial charge in [0.1, 0.15) is 22.9 Å². The molecular formula is C43H47BrN8O4. The van der Waals surface area contributed by atoms with E-state index in [1.54, 1.807) is 14.2 Å². The third-order valence-corrected chi connectivity index (χ3v) is 12.2. The number of anilines is 2. The number of nitrogens with one attached hydrogen (secondary N) is 1. The van der Waals surface area contributed by atoms with E-state index in [1.807, 2.05) is 66.7 Å². The van der Waals surface area contributed by atoms with Gasteiger partial charge in [-0.25, -0.2) is 15.0 Å². The predicted molar refractivity (Wildman–Crippen MR) is 220 cm³/mol. The molecule has 0 radical (unpaired) electrons. The molecule has 3 aromatic carbocycles. The summed E-state index contributed by atoms with van der Waals surface area (Å²) in [4.78, 5) is 42.2. The maximum Gasteiger partial charge on any atom is 0.254 e. The number of amides is 1. The molecule has 5 aromatic rings. The molecule has 2 unspecified atom stereocenters. The van der Waals surface area contributed by atoms with Crippen molar-refractivity contribution in [1.29, 1.82) is 0 Å². The number of methoxy groups -OCH3 is 2. The number of carbonyl (C=O) groups is 1. The lowest BCUT2D eigenvalue weighted by atomic mass is 9.75. The number of hydrogen-bond acceptors (Lipinski definition) is 11. The van der Waals surface area contributed by atoms with Crippen LogP contribution in [0.4, 0.5) is 11.8 Å². The first kappa shape index (κ1) is 37.8. The summed E-state index contributed by atoms with van der Waals surface area (Å²) in [6.07, 6.45) is 5.67. The Labute approximate surface area is 336 Å². The molecule has 2 aromatic heterocycles. The number of hydrogen-bond donors (Lipinski definition) is 1. The van der Waals surface area contributed by atoms with E-state index in [0.717, 1.165) is 81.4 Å². The van der Waals surface area contributed by atoms with E-state index in [4.69, 9.17) is 34.1 Å². The van der Waals surface area contributed by atoms with Crippen LogP contribution in [-0.4, -0.2) is 109 Å². The molecule has 13 heteroatoms. The van der Waals surface area contributed by atoms with Crippen molar-refractivity contribution in [2.45, 2.75) is 37.8 Å². The van der Waals surface area contributed by atoms with Gasteiger partial charge in [-0.1, -0.05) is 46.3 Å². The molecule has 2 fully saturated rings. The van der Waals surface area contributed by atoms with Crippen LogP contribution in [0.5, 0.6) is 11.5 Å². The van der Waals surface area contributed by atoms with Gasteiger partial charge in [0.25, 0.3) is 5.91 Å². The van der Waals surface area contributed by atoms with Crippen LogP contribution in [0.25, 0.3) is 11.3 Å². The number of carbonyl (C=O) groups excluding carboxylic acids is 1. The molecule has 3 aliphatic rings. The summed E-state index contributed by atoms with van der Waals surface area (Å²) >= 11 is 3.69. The van der Waals surface area contributed by atoms with E-state index in [0.29, 0.717) is 56.5 Å². The minimum atomic E-state index is -0.997. The minimum Gasteiger partial charge on any atom is -0.497 e. The lowest BCUT2D eigenvalue weighted by Gasteiger charge is -2.55. The van der Waals surface area contributed by atoms with Gasteiger partial charge >= 0.3 is 0 Å². The van der Waals surface area contributed by atoms with Crippen LogP contribution < -0.4 is 19.7 Å². The SMILES string of the molecule is COc1ccc(CC2N(C)CCN(C(=O)c3ccc(C)c(Br)c3)C2(Cc2ccc(OC)cc2)c2ncc(-c3nc(N4CCOCC4)nc4c3CCN4)cn2)cc1. The second kappa shape index (κ2) is 16.2. The molecule has 3 aliphatic heterocycles. The first-order valence-electron chi connectivity index (χ1n) is 19.1. The molecule has 0 spiro atoms. The van der Waals surface area contributed by atoms with Gasteiger partial charge in [-0.3, -0.25) is 9.69 Å². The van der Waals surface area contributed by atoms with Gasteiger partial charge in [0, 0.05) is 78.7 Å². The lowest BCUT2D eigenvalue weighted by molar-refractivity contribution is -0.0376. The summed E-state index contributed by atoms with van der Waals surface area (Å²) in [5.74, 6) is 3.57. The van der Waals surface area contributed by atoms with Crippen LogP contribution in [0, 0.1) is 6.92 Å². The molecule has 2 atom stereocenters.